The van der Waals surface area contributed by atoms with Gasteiger partial charge in [-0.25, -0.2) is 14.5 Å². The maximum atomic E-state index is 11.5. The molecule has 6 nitrogen and oxygen atoms in total. The number of pyridine rings is 1. The van der Waals surface area contributed by atoms with Crippen molar-refractivity contribution in [3.63, 3.8) is 0 Å². The summed E-state index contributed by atoms with van der Waals surface area (Å²) in [6, 6.07) is 3.61. The predicted octanol–water partition coefficient (Wildman–Crippen LogP) is 1.46. The highest BCUT2D eigenvalue weighted by molar-refractivity contribution is 5.88. The molecule has 0 spiro atoms. The van der Waals surface area contributed by atoms with Gasteiger partial charge >= 0.3 is 5.97 Å². The molecule has 0 aliphatic carbocycles. The molecule has 0 saturated heterocycles. The van der Waals surface area contributed by atoms with Gasteiger partial charge in [0.2, 0.25) is 0 Å². The zero-order valence-corrected chi connectivity index (χ0v) is 10.9. The van der Waals surface area contributed by atoms with E-state index in [1.54, 1.807) is 19.3 Å². The Labute approximate surface area is 111 Å². The van der Waals surface area contributed by atoms with Crippen molar-refractivity contribution in [1.29, 1.82) is 0 Å². The van der Waals surface area contributed by atoms with Gasteiger partial charge in [-0.15, -0.1) is 0 Å². The van der Waals surface area contributed by atoms with Crippen LogP contribution in [-0.2, 0) is 4.74 Å². The highest BCUT2D eigenvalue weighted by atomic mass is 16.5. The van der Waals surface area contributed by atoms with E-state index in [0.717, 1.165) is 5.56 Å². The smallest absolute Gasteiger partial charge is 0.341 e. The Hall–Kier alpha value is -2.21. The molecular weight excluding hydrogens is 244 g/mol. The molecule has 0 bridgehead atoms. The number of carbonyl (C=O) groups excluding carboxylic acids is 1. The average molecular weight is 260 g/mol. The monoisotopic (exact) mass is 260 g/mol. The first-order chi connectivity index (χ1) is 9.11. The third-order valence-electron chi connectivity index (χ3n) is 2.62. The topological polar surface area (TPSA) is 83.0 Å². The lowest BCUT2D eigenvalue weighted by atomic mass is 10.1. The quantitative estimate of drug-likeness (QED) is 0.841. The molecule has 1 unspecified atom stereocenters. The fraction of sp³-hybridized carbons (Fsp3) is 0.308. The molecule has 0 radical (unpaired) electrons. The Morgan fingerprint density at radius 3 is 3.05 bits per heavy atom. The van der Waals surface area contributed by atoms with Crippen molar-refractivity contribution in [2.75, 3.05) is 6.61 Å². The van der Waals surface area contributed by atoms with E-state index in [-0.39, 0.29) is 6.04 Å². The lowest BCUT2D eigenvalue weighted by molar-refractivity contribution is 0.0526. The van der Waals surface area contributed by atoms with Crippen LogP contribution in [0.5, 0.6) is 0 Å². The van der Waals surface area contributed by atoms with E-state index < -0.39 is 5.97 Å². The van der Waals surface area contributed by atoms with E-state index in [1.165, 1.54) is 10.9 Å². The Morgan fingerprint density at radius 2 is 2.37 bits per heavy atom. The van der Waals surface area contributed by atoms with E-state index in [0.29, 0.717) is 18.0 Å². The predicted molar refractivity (Wildman–Crippen MR) is 69.9 cm³/mol. The van der Waals surface area contributed by atoms with Crippen molar-refractivity contribution >= 4 is 5.97 Å². The summed E-state index contributed by atoms with van der Waals surface area (Å²) in [4.78, 5) is 15.8. The fourth-order valence-corrected chi connectivity index (χ4v) is 1.61. The van der Waals surface area contributed by atoms with Gasteiger partial charge in [-0.3, -0.25) is 0 Å². The van der Waals surface area contributed by atoms with Crippen LogP contribution < -0.4 is 5.73 Å². The highest BCUT2D eigenvalue weighted by Gasteiger charge is 2.11. The van der Waals surface area contributed by atoms with Crippen molar-refractivity contribution in [3.8, 4) is 5.82 Å². The van der Waals surface area contributed by atoms with Gasteiger partial charge in [-0.1, -0.05) is 0 Å². The minimum absolute atomic E-state index is 0.0816. The van der Waals surface area contributed by atoms with Crippen LogP contribution in [0.2, 0.25) is 0 Å². The number of esters is 1. The van der Waals surface area contributed by atoms with Crippen molar-refractivity contribution in [1.82, 2.24) is 14.8 Å². The van der Waals surface area contributed by atoms with Gasteiger partial charge in [0.1, 0.15) is 0 Å². The highest BCUT2D eigenvalue weighted by Crippen LogP contribution is 2.13. The van der Waals surface area contributed by atoms with E-state index >= 15 is 0 Å². The summed E-state index contributed by atoms with van der Waals surface area (Å²) in [5.41, 5.74) is 7.18. The number of nitrogens with zero attached hydrogens (tertiary/aromatic N) is 3. The molecule has 19 heavy (non-hydrogen) atoms. The van der Waals surface area contributed by atoms with Crippen LogP contribution in [0.4, 0.5) is 0 Å². The maximum Gasteiger partial charge on any atom is 0.341 e. The molecule has 0 saturated carbocycles. The number of hydrogen-bond acceptors (Lipinski definition) is 5. The number of aromatic nitrogens is 3. The van der Waals surface area contributed by atoms with E-state index in [4.69, 9.17) is 10.5 Å². The second kappa shape index (κ2) is 5.62. The van der Waals surface area contributed by atoms with Crippen LogP contribution in [0, 0.1) is 0 Å². The molecule has 0 aliphatic rings. The molecule has 0 amide bonds. The molecule has 2 heterocycles. The van der Waals surface area contributed by atoms with Crippen LogP contribution in [0.15, 0.2) is 30.7 Å². The first-order valence-corrected chi connectivity index (χ1v) is 6.05. The number of hydrogen-bond donors (Lipinski definition) is 1. The Bertz CT molecular complexity index is 578. The van der Waals surface area contributed by atoms with Crippen LogP contribution in [0.25, 0.3) is 5.82 Å². The number of carbonyl (C=O) groups is 1. The van der Waals surface area contributed by atoms with Gasteiger partial charge in [0, 0.05) is 18.4 Å². The molecule has 2 aromatic heterocycles. The number of nitrogens with two attached hydrogens (primary N) is 1. The molecule has 2 aromatic rings. The van der Waals surface area contributed by atoms with Gasteiger partial charge in [0.25, 0.3) is 0 Å². The van der Waals surface area contributed by atoms with Gasteiger partial charge < -0.3 is 10.5 Å². The third kappa shape index (κ3) is 2.97. The molecule has 0 aromatic carbocycles. The van der Waals surface area contributed by atoms with E-state index in [9.17, 15) is 4.79 Å². The summed E-state index contributed by atoms with van der Waals surface area (Å²) in [6.07, 6.45) is 4.71. The zero-order valence-electron chi connectivity index (χ0n) is 10.9. The standard InChI is InChI=1S/C13H16N4O2/c1-3-19-13(18)11-7-16-17(8-11)12-6-10(9(2)14)4-5-15-12/h4-9H,3,14H2,1-2H3. The first kappa shape index (κ1) is 13.2. The molecule has 2 N–H and O–H groups in total. The summed E-state index contributed by atoms with van der Waals surface area (Å²) in [5, 5.41) is 4.10. The largest absolute Gasteiger partial charge is 0.462 e. The summed E-state index contributed by atoms with van der Waals surface area (Å²) in [7, 11) is 0. The van der Waals surface area contributed by atoms with Crippen LogP contribution in [0.1, 0.15) is 35.8 Å². The molecule has 2 rings (SSSR count). The van der Waals surface area contributed by atoms with Crippen LogP contribution >= 0.6 is 0 Å². The van der Waals surface area contributed by atoms with Gasteiger partial charge in [-0.05, 0) is 31.5 Å². The first-order valence-electron chi connectivity index (χ1n) is 6.05. The minimum Gasteiger partial charge on any atom is -0.462 e. The SMILES string of the molecule is CCOC(=O)c1cnn(-c2cc(C(C)N)ccn2)c1. The van der Waals surface area contributed by atoms with Crippen LogP contribution in [-0.4, -0.2) is 27.3 Å². The Balaban J connectivity index is 2.27. The lowest BCUT2D eigenvalue weighted by Crippen LogP contribution is -2.07. The van der Waals surface area contributed by atoms with E-state index in [1.807, 2.05) is 19.1 Å². The molecule has 6 heteroatoms. The summed E-state index contributed by atoms with van der Waals surface area (Å²) < 4.78 is 6.43. The summed E-state index contributed by atoms with van der Waals surface area (Å²) in [5.74, 6) is 0.224. The molecule has 0 fully saturated rings. The maximum absolute atomic E-state index is 11.5. The van der Waals surface area contributed by atoms with Gasteiger partial charge in [0.15, 0.2) is 5.82 Å². The van der Waals surface area contributed by atoms with Crippen molar-refractivity contribution in [2.24, 2.45) is 5.73 Å². The molecule has 100 valence electrons. The average Bonchev–Trinajstić information content (AvgIpc) is 2.89. The second-order valence-corrected chi connectivity index (χ2v) is 4.13. The normalized spacial score (nSPS) is 12.2. The Kier molecular flexibility index (Phi) is 3.91. The second-order valence-electron chi connectivity index (χ2n) is 4.13. The zero-order chi connectivity index (χ0) is 13.8. The van der Waals surface area contributed by atoms with Crippen LogP contribution in [0.3, 0.4) is 0 Å². The van der Waals surface area contributed by atoms with Crippen molar-refractivity contribution in [2.45, 2.75) is 19.9 Å². The van der Waals surface area contributed by atoms with Crippen molar-refractivity contribution in [3.05, 3.63) is 41.9 Å². The summed E-state index contributed by atoms with van der Waals surface area (Å²) in [6.45, 7) is 3.99. The number of rotatable bonds is 4. The van der Waals surface area contributed by atoms with Gasteiger partial charge in [0.05, 0.1) is 18.4 Å². The fourth-order valence-electron chi connectivity index (χ4n) is 1.61. The van der Waals surface area contributed by atoms with E-state index in [2.05, 4.69) is 10.1 Å². The van der Waals surface area contributed by atoms with Gasteiger partial charge in [-0.2, -0.15) is 5.10 Å². The van der Waals surface area contributed by atoms with Crippen molar-refractivity contribution < 1.29 is 9.53 Å². The molecule has 0 aliphatic heterocycles. The minimum atomic E-state index is -0.392. The molecule has 1 atom stereocenters. The number of ether oxygens (including phenoxy) is 1. The molecular formula is C13H16N4O2. The summed E-state index contributed by atoms with van der Waals surface area (Å²) >= 11 is 0. The lowest BCUT2D eigenvalue weighted by Gasteiger charge is -2.07. The Morgan fingerprint density at radius 1 is 1.58 bits per heavy atom. The third-order valence-corrected chi connectivity index (χ3v) is 2.62.